The summed E-state index contributed by atoms with van der Waals surface area (Å²) >= 11 is 1.67. The van der Waals surface area contributed by atoms with E-state index in [-0.39, 0.29) is 18.3 Å². The number of benzene rings is 2. The summed E-state index contributed by atoms with van der Waals surface area (Å²) in [6, 6.07) is 12.6. The van der Waals surface area contributed by atoms with Crippen LogP contribution in [0.25, 0.3) is 0 Å². The zero-order valence-corrected chi connectivity index (χ0v) is 21.2. The summed E-state index contributed by atoms with van der Waals surface area (Å²) in [6.07, 6.45) is 1.76. The van der Waals surface area contributed by atoms with Gasteiger partial charge in [0, 0.05) is 31.0 Å². The summed E-state index contributed by atoms with van der Waals surface area (Å²) in [5.74, 6) is 0.738. The number of thioether (sulfide) groups is 1. The molecule has 0 aromatic heterocycles. The second kappa shape index (κ2) is 12.9. The molecule has 0 radical (unpaired) electrons. The van der Waals surface area contributed by atoms with Crippen LogP contribution in [0, 0.1) is 5.82 Å². The predicted molar refractivity (Wildman–Crippen MR) is 136 cm³/mol. The number of rotatable bonds is 11. The Labute approximate surface area is 209 Å². The molecule has 1 aliphatic rings. The smallest absolute Gasteiger partial charge is 0.254 e. The summed E-state index contributed by atoms with van der Waals surface area (Å²) < 4.78 is 43.9. The molecule has 1 aliphatic heterocycles. The van der Waals surface area contributed by atoms with E-state index < -0.39 is 15.9 Å². The van der Waals surface area contributed by atoms with Crippen LogP contribution in [0.3, 0.4) is 0 Å². The number of carbonyl (C=O) groups excluding carboxylic acids is 2. The molecule has 8 nitrogen and oxygen atoms in total. The highest BCUT2D eigenvalue weighted by Crippen LogP contribution is 2.19. The van der Waals surface area contributed by atoms with E-state index in [9.17, 15) is 22.4 Å². The third-order valence-electron chi connectivity index (χ3n) is 5.36. The molecule has 1 saturated heterocycles. The monoisotopic (exact) mass is 523 g/mol. The van der Waals surface area contributed by atoms with Crippen molar-refractivity contribution in [2.45, 2.75) is 12.2 Å². The van der Waals surface area contributed by atoms with Crippen LogP contribution in [0.2, 0.25) is 0 Å². The van der Waals surface area contributed by atoms with Crippen molar-refractivity contribution in [3.63, 3.8) is 0 Å². The number of nitrogens with one attached hydrogen (secondary N) is 1. The van der Waals surface area contributed by atoms with Gasteiger partial charge in [0.25, 0.3) is 5.91 Å². The van der Waals surface area contributed by atoms with Gasteiger partial charge in [0.15, 0.2) is 0 Å². The van der Waals surface area contributed by atoms with E-state index in [1.165, 1.54) is 24.3 Å². The van der Waals surface area contributed by atoms with E-state index in [1.807, 2.05) is 0 Å². The SMILES string of the molecule is CS(=O)(=O)N(CC(=O)NCCCSCc1ccc(F)cc1)c1ccc(C(=O)N2CCOCC2)cc1. The fourth-order valence-corrected chi connectivity index (χ4v) is 5.26. The molecule has 3 rings (SSSR count). The first-order valence-electron chi connectivity index (χ1n) is 11.3. The molecule has 1 heterocycles. The zero-order valence-electron chi connectivity index (χ0n) is 19.6. The van der Waals surface area contributed by atoms with E-state index in [2.05, 4.69) is 5.32 Å². The molecule has 35 heavy (non-hydrogen) atoms. The van der Waals surface area contributed by atoms with Gasteiger partial charge in [-0.25, -0.2) is 12.8 Å². The third kappa shape index (κ3) is 8.52. The number of anilines is 1. The first kappa shape index (κ1) is 27.0. The molecule has 190 valence electrons. The lowest BCUT2D eigenvalue weighted by molar-refractivity contribution is -0.119. The molecule has 1 fully saturated rings. The Morgan fingerprint density at radius 3 is 2.37 bits per heavy atom. The van der Waals surface area contributed by atoms with Crippen LogP contribution in [0.15, 0.2) is 48.5 Å². The molecule has 0 aliphatic carbocycles. The van der Waals surface area contributed by atoms with Crippen molar-refractivity contribution < 1.29 is 27.1 Å². The van der Waals surface area contributed by atoms with Crippen LogP contribution in [0.4, 0.5) is 10.1 Å². The summed E-state index contributed by atoms with van der Waals surface area (Å²) in [5.41, 5.74) is 1.80. The molecular weight excluding hydrogens is 493 g/mol. The minimum Gasteiger partial charge on any atom is -0.378 e. The Kier molecular flexibility index (Phi) is 9.93. The minimum atomic E-state index is -3.71. The highest BCUT2D eigenvalue weighted by Gasteiger charge is 2.22. The Bertz CT molecular complexity index is 1090. The molecule has 2 amide bonds. The molecule has 0 atom stereocenters. The van der Waals surface area contributed by atoms with Crippen molar-refractivity contribution in [2.24, 2.45) is 0 Å². The van der Waals surface area contributed by atoms with Gasteiger partial charge in [-0.05, 0) is 54.1 Å². The van der Waals surface area contributed by atoms with Crippen molar-refractivity contribution in [3.8, 4) is 0 Å². The van der Waals surface area contributed by atoms with Crippen molar-refractivity contribution in [1.29, 1.82) is 0 Å². The third-order valence-corrected chi connectivity index (χ3v) is 7.61. The summed E-state index contributed by atoms with van der Waals surface area (Å²) in [5, 5.41) is 2.75. The van der Waals surface area contributed by atoms with E-state index in [4.69, 9.17) is 4.74 Å². The maximum atomic E-state index is 12.9. The van der Waals surface area contributed by atoms with Crippen molar-refractivity contribution in [1.82, 2.24) is 10.2 Å². The van der Waals surface area contributed by atoms with E-state index in [0.717, 1.165) is 34.1 Å². The lowest BCUT2D eigenvalue weighted by atomic mass is 10.1. The molecule has 0 unspecified atom stereocenters. The van der Waals surface area contributed by atoms with Gasteiger partial charge in [0.2, 0.25) is 15.9 Å². The zero-order chi connectivity index (χ0) is 25.3. The van der Waals surface area contributed by atoms with Crippen molar-refractivity contribution >= 4 is 39.3 Å². The number of ether oxygens (including phenoxy) is 1. The van der Waals surface area contributed by atoms with Crippen LogP contribution in [-0.2, 0) is 25.3 Å². The molecule has 2 aromatic rings. The van der Waals surface area contributed by atoms with E-state index >= 15 is 0 Å². The summed E-state index contributed by atoms with van der Waals surface area (Å²) in [7, 11) is -3.71. The van der Waals surface area contributed by atoms with Gasteiger partial charge in [0.05, 0.1) is 25.2 Å². The fraction of sp³-hybridized carbons (Fsp3) is 0.417. The largest absolute Gasteiger partial charge is 0.378 e. The average Bonchev–Trinajstić information content (AvgIpc) is 2.85. The van der Waals surface area contributed by atoms with Crippen LogP contribution in [0.5, 0.6) is 0 Å². The average molecular weight is 524 g/mol. The first-order chi connectivity index (χ1) is 16.7. The minimum absolute atomic E-state index is 0.138. The van der Waals surface area contributed by atoms with Gasteiger partial charge >= 0.3 is 0 Å². The number of hydrogen-bond donors (Lipinski definition) is 1. The highest BCUT2D eigenvalue weighted by molar-refractivity contribution is 7.98. The number of sulfonamides is 1. The quantitative estimate of drug-likeness (QED) is 0.455. The fourth-order valence-electron chi connectivity index (χ4n) is 3.48. The highest BCUT2D eigenvalue weighted by atomic mass is 32.2. The van der Waals surface area contributed by atoms with Gasteiger partial charge in [-0.3, -0.25) is 13.9 Å². The van der Waals surface area contributed by atoms with Crippen LogP contribution in [0.1, 0.15) is 22.3 Å². The molecular formula is C24H30FN3O5S2. The number of amides is 2. The number of hydrogen-bond acceptors (Lipinski definition) is 6. The molecule has 0 bridgehead atoms. The number of morpholine rings is 1. The normalized spacial score (nSPS) is 13.9. The Balaban J connectivity index is 1.47. The van der Waals surface area contributed by atoms with Gasteiger partial charge in [-0.1, -0.05) is 12.1 Å². The second-order valence-corrected chi connectivity index (χ2v) is 11.1. The Hall–Kier alpha value is -2.63. The van der Waals surface area contributed by atoms with E-state index in [1.54, 1.807) is 40.9 Å². The summed E-state index contributed by atoms with van der Waals surface area (Å²) in [6.45, 7) is 2.08. The van der Waals surface area contributed by atoms with E-state index in [0.29, 0.717) is 44.1 Å². The van der Waals surface area contributed by atoms with Gasteiger partial charge in [0.1, 0.15) is 12.4 Å². The van der Waals surface area contributed by atoms with Gasteiger partial charge in [-0.2, -0.15) is 11.8 Å². The van der Waals surface area contributed by atoms with Crippen LogP contribution < -0.4 is 9.62 Å². The topological polar surface area (TPSA) is 96.0 Å². The molecule has 0 saturated carbocycles. The molecule has 0 spiro atoms. The van der Waals surface area contributed by atoms with Gasteiger partial charge in [-0.15, -0.1) is 0 Å². The maximum Gasteiger partial charge on any atom is 0.254 e. The number of nitrogens with zero attached hydrogens (tertiary/aromatic N) is 2. The Morgan fingerprint density at radius 1 is 1.09 bits per heavy atom. The van der Waals surface area contributed by atoms with Crippen LogP contribution in [-0.4, -0.2) is 76.5 Å². The van der Waals surface area contributed by atoms with Crippen molar-refractivity contribution in [2.75, 3.05) is 55.7 Å². The number of halogens is 1. The molecule has 11 heteroatoms. The second-order valence-electron chi connectivity index (χ2n) is 8.10. The standard InChI is InChI=1S/C24H30FN3O5S2/c1-35(31,32)28(22-9-5-20(6-10-22)24(30)27-12-14-33-15-13-27)17-23(29)26-11-2-16-34-18-19-3-7-21(25)8-4-19/h3-10H,2,11-18H2,1H3,(H,26,29). The summed E-state index contributed by atoms with van der Waals surface area (Å²) in [4.78, 5) is 26.7. The maximum absolute atomic E-state index is 12.9. The number of carbonyl (C=O) groups is 2. The van der Waals surface area contributed by atoms with Crippen molar-refractivity contribution in [3.05, 3.63) is 65.5 Å². The lowest BCUT2D eigenvalue weighted by Crippen LogP contribution is -2.41. The Morgan fingerprint density at radius 2 is 1.74 bits per heavy atom. The van der Waals surface area contributed by atoms with Crippen LogP contribution >= 0.6 is 11.8 Å². The molecule has 1 N–H and O–H groups in total. The van der Waals surface area contributed by atoms with Gasteiger partial charge < -0.3 is 15.0 Å². The molecule has 2 aromatic carbocycles. The first-order valence-corrected chi connectivity index (χ1v) is 14.3. The predicted octanol–water partition coefficient (Wildman–Crippen LogP) is 2.50. The lowest BCUT2D eigenvalue weighted by Gasteiger charge is -2.27.